The molecule has 0 aliphatic carbocycles. The number of hydrogen-bond donors (Lipinski definition) is 3. The van der Waals surface area contributed by atoms with Crippen LogP contribution in [0.25, 0.3) is 0 Å². The number of furan rings is 1. The van der Waals surface area contributed by atoms with Gasteiger partial charge in [-0.25, -0.2) is 0 Å². The second-order valence-electron chi connectivity index (χ2n) is 6.34. The summed E-state index contributed by atoms with van der Waals surface area (Å²) in [4.78, 5) is 26.9. The Morgan fingerprint density at radius 2 is 1.85 bits per heavy atom. The molecule has 2 aromatic rings. The molecule has 0 saturated carbocycles. The third-order valence-corrected chi connectivity index (χ3v) is 4.81. The molecule has 1 aliphatic heterocycles. The monoisotopic (exact) mass is 357 g/mol. The average Bonchev–Trinajstić information content (AvgIpc) is 3.23. The number of amides is 2. The first kappa shape index (κ1) is 18.0. The van der Waals surface area contributed by atoms with Crippen molar-refractivity contribution in [2.45, 2.75) is 6.04 Å². The van der Waals surface area contributed by atoms with Gasteiger partial charge in [0, 0.05) is 12.7 Å². The van der Waals surface area contributed by atoms with Crippen molar-refractivity contribution in [2.24, 2.45) is 0 Å². The molecule has 0 spiro atoms. The lowest BCUT2D eigenvalue weighted by molar-refractivity contribution is -0.932. The third kappa shape index (κ3) is 4.23. The number of hydrogen-bond acceptors (Lipinski definition) is 4. The highest BCUT2D eigenvalue weighted by atomic mass is 16.3. The third-order valence-electron chi connectivity index (χ3n) is 4.81. The Hall–Kier alpha value is -2.80. The molecule has 1 atom stereocenters. The number of piperazine rings is 1. The zero-order chi connectivity index (χ0) is 18.4. The predicted octanol–water partition coefficient (Wildman–Crippen LogP) is -0.412. The Morgan fingerprint density at radius 3 is 2.46 bits per heavy atom. The Bertz CT molecular complexity index is 710. The molecule has 7 heteroatoms. The summed E-state index contributed by atoms with van der Waals surface area (Å²) in [7, 11) is 1.44. The summed E-state index contributed by atoms with van der Waals surface area (Å²) in [6.07, 6.45) is 1.64. The van der Waals surface area contributed by atoms with Crippen molar-refractivity contribution in [3.8, 4) is 0 Å². The minimum absolute atomic E-state index is 0.0171. The van der Waals surface area contributed by atoms with E-state index in [1.165, 1.54) is 17.6 Å². The van der Waals surface area contributed by atoms with E-state index in [1.54, 1.807) is 6.26 Å². The minimum Gasteiger partial charge on any atom is -0.463 e. The quantitative estimate of drug-likeness (QED) is 0.636. The number of anilines is 1. The van der Waals surface area contributed by atoms with Crippen molar-refractivity contribution >= 4 is 17.5 Å². The van der Waals surface area contributed by atoms with Gasteiger partial charge in [0.15, 0.2) is 11.8 Å². The fourth-order valence-electron chi connectivity index (χ4n) is 3.36. The number of rotatable bonds is 5. The lowest BCUT2D eigenvalue weighted by atomic mass is 10.1. The van der Waals surface area contributed by atoms with Crippen molar-refractivity contribution in [1.82, 2.24) is 10.6 Å². The van der Waals surface area contributed by atoms with Crippen LogP contribution in [0.1, 0.15) is 11.8 Å². The number of carbonyl (C=O) groups is 2. The lowest BCUT2D eigenvalue weighted by Gasteiger charge is -2.37. The second kappa shape index (κ2) is 8.53. The van der Waals surface area contributed by atoms with Gasteiger partial charge in [0.25, 0.3) is 0 Å². The summed E-state index contributed by atoms with van der Waals surface area (Å²) < 4.78 is 5.59. The highest BCUT2D eigenvalue weighted by molar-refractivity contribution is 6.35. The van der Waals surface area contributed by atoms with Crippen LogP contribution in [0.3, 0.4) is 0 Å². The SMILES string of the molecule is CNC(=O)C(=O)NC[C@@H](c1ccco1)[NH+]1CCN(c2ccccc2)CC1. The van der Waals surface area contributed by atoms with Crippen LogP contribution in [-0.2, 0) is 9.59 Å². The van der Waals surface area contributed by atoms with Gasteiger partial charge in [-0.3, -0.25) is 9.59 Å². The van der Waals surface area contributed by atoms with Crippen LogP contribution in [0, 0.1) is 0 Å². The first-order valence-electron chi connectivity index (χ1n) is 8.87. The molecular weight excluding hydrogens is 332 g/mol. The van der Waals surface area contributed by atoms with Gasteiger partial charge in [0.1, 0.15) is 0 Å². The zero-order valence-electron chi connectivity index (χ0n) is 14.9. The van der Waals surface area contributed by atoms with Crippen molar-refractivity contribution < 1.29 is 18.9 Å². The number of quaternary nitrogens is 1. The molecule has 26 heavy (non-hydrogen) atoms. The van der Waals surface area contributed by atoms with Crippen LogP contribution in [0.15, 0.2) is 53.1 Å². The van der Waals surface area contributed by atoms with Crippen molar-refractivity contribution in [1.29, 1.82) is 0 Å². The molecule has 1 fully saturated rings. The molecule has 2 amide bonds. The van der Waals surface area contributed by atoms with E-state index in [0.717, 1.165) is 31.9 Å². The maximum Gasteiger partial charge on any atom is 0.309 e. The van der Waals surface area contributed by atoms with Gasteiger partial charge in [-0.2, -0.15) is 0 Å². The van der Waals surface area contributed by atoms with Crippen LogP contribution in [0.4, 0.5) is 5.69 Å². The van der Waals surface area contributed by atoms with E-state index < -0.39 is 11.8 Å². The highest BCUT2D eigenvalue weighted by Gasteiger charge is 2.31. The summed E-state index contributed by atoms with van der Waals surface area (Å²) >= 11 is 0. The maximum atomic E-state index is 11.8. The van der Waals surface area contributed by atoms with Gasteiger partial charge < -0.3 is 24.9 Å². The van der Waals surface area contributed by atoms with Crippen LogP contribution in [0.5, 0.6) is 0 Å². The molecule has 1 aromatic heterocycles. The van der Waals surface area contributed by atoms with Gasteiger partial charge in [0.2, 0.25) is 0 Å². The molecule has 1 aromatic carbocycles. The molecule has 2 heterocycles. The van der Waals surface area contributed by atoms with Crippen LogP contribution in [-0.4, -0.2) is 51.6 Å². The van der Waals surface area contributed by atoms with E-state index in [0.29, 0.717) is 6.54 Å². The molecule has 1 aliphatic rings. The Kier molecular flexibility index (Phi) is 5.91. The number of carbonyl (C=O) groups excluding carboxylic acids is 2. The predicted molar refractivity (Wildman–Crippen MR) is 97.9 cm³/mol. The smallest absolute Gasteiger partial charge is 0.309 e. The summed E-state index contributed by atoms with van der Waals surface area (Å²) in [6.45, 7) is 4.08. The molecule has 0 radical (unpaired) electrons. The first-order valence-corrected chi connectivity index (χ1v) is 8.87. The van der Waals surface area contributed by atoms with Gasteiger partial charge in [0.05, 0.1) is 39.0 Å². The zero-order valence-corrected chi connectivity index (χ0v) is 14.9. The minimum atomic E-state index is -0.632. The Labute approximate surface area is 153 Å². The Balaban J connectivity index is 1.63. The van der Waals surface area contributed by atoms with Gasteiger partial charge in [-0.1, -0.05) is 18.2 Å². The van der Waals surface area contributed by atoms with E-state index in [9.17, 15) is 9.59 Å². The van der Waals surface area contributed by atoms with Gasteiger partial charge in [-0.15, -0.1) is 0 Å². The number of benzene rings is 1. The van der Waals surface area contributed by atoms with E-state index in [1.807, 2.05) is 18.2 Å². The topological polar surface area (TPSA) is 79.0 Å². The summed E-state index contributed by atoms with van der Waals surface area (Å²) in [5.41, 5.74) is 1.23. The number of nitrogens with zero attached hydrogens (tertiary/aromatic N) is 1. The Morgan fingerprint density at radius 1 is 1.12 bits per heavy atom. The standard InChI is InChI=1S/C19H24N4O3/c1-20-18(24)19(25)21-14-16(17-8-5-13-26-17)23-11-9-22(10-12-23)15-6-3-2-4-7-15/h2-8,13,16H,9-12,14H2,1H3,(H,20,24)(H,21,25)/p+1/t16-/m0/s1. The molecule has 0 unspecified atom stereocenters. The number of para-hydroxylation sites is 1. The number of likely N-dealkylation sites (N-methyl/N-ethyl adjacent to an activating group) is 1. The van der Waals surface area contributed by atoms with Crippen molar-refractivity contribution in [3.05, 3.63) is 54.5 Å². The summed E-state index contributed by atoms with van der Waals surface area (Å²) in [5, 5.41) is 5.06. The van der Waals surface area contributed by atoms with Crippen molar-refractivity contribution in [3.63, 3.8) is 0 Å². The fraction of sp³-hybridized carbons (Fsp3) is 0.368. The molecule has 7 nitrogen and oxygen atoms in total. The summed E-state index contributed by atoms with van der Waals surface area (Å²) in [6, 6.07) is 14.1. The fourth-order valence-corrected chi connectivity index (χ4v) is 3.36. The molecule has 0 bridgehead atoms. The second-order valence-corrected chi connectivity index (χ2v) is 6.34. The molecule has 3 rings (SSSR count). The molecule has 138 valence electrons. The first-order chi connectivity index (χ1) is 12.7. The van der Waals surface area contributed by atoms with E-state index in [4.69, 9.17) is 4.42 Å². The summed E-state index contributed by atoms with van der Waals surface area (Å²) in [5.74, 6) is -0.427. The van der Waals surface area contributed by atoms with Crippen LogP contribution >= 0.6 is 0 Å². The molecule has 3 N–H and O–H groups in total. The van der Waals surface area contributed by atoms with E-state index in [2.05, 4.69) is 39.8 Å². The maximum absolute atomic E-state index is 11.8. The van der Waals surface area contributed by atoms with Crippen LogP contribution < -0.4 is 20.4 Å². The molecular formula is C19H25N4O3+. The average molecular weight is 357 g/mol. The normalized spacial score (nSPS) is 16.1. The van der Waals surface area contributed by atoms with E-state index in [-0.39, 0.29) is 6.04 Å². The lowest BCUT2D eigenvalue weighted by Crippen LogP contribution is -3.15. The highest BCUT2D eigenvalue weighted by Crippen LogP contribution is 2.14. The molecule has 1 saturated heterocycles. The van der Waals surface area contributed by atoms with E-state index >= 15 is 0 Å². The van der Waals surface area contributed by atoms with Gasteiger partial charge >= 0.3 is 11.8 Å². The van der Waals surface area contributed by atoms with Crippen LogP contribution in [0.2, 0.25) is 0 Å². The number of nitrogens with one attached hydrogen (secondary N) is 3. The largest absolute Gasteiger partial charge is 0.463 e. The van der Waals surface area contributed by atoms with Gasteiger partial charge in [-0.05, 0) is 24.3 Å². The van der Waals surface area contributed by atoms with Crippen molar-refractivity contribution in [2.75, 3.05) is 44.7 Å².